The van der Waals surface area contributed by atoms with Crippen LogP contribution in [0.25, 0.3) is 0 Å². The zero-order valence-corrected chi connectivity index (χ0v) is 11.4. The molecule has 0 spiro atoms. The second-order valence-electron chi connectivity index (χ2n) is 4.84. The van der Waals surface area contributed by atoms with E-state index >= 15 is 0 Å². The molecule has 0 bridgehead atoms. The van der Waals surface area contributed by atoms with Crippen LogP contribution in [0.5, 0.6) is 0 Å². The summed E-state index contributed by atoms with van der Waals surface area (Å²) in [6.07, 6.45) is 0.797. The number of nitrogens with zero attached hydrogens (tertiary/aromatic N) is 4. The Hall–Kier alpha value is -2.42. The van der Waals surface area contributed by atoms with Gasteiger partial charge in [0.25, 0.3) is 0 Å². The van der Waals surface area contributed by atoms with Crippen molar-refractivity contribution < 1.29 is 14.8 Å². The minimum absolute atomic E-state index is 0.0175. The largest absolute Gasteiger partial charge is 0.480 e. The molecular weight excluding hydrogens is 278 g/mol. The number of carboxylic acids is 1. The van der Waals surface area contributed by atoms with E-state index in [-0.39, 0.29) is 18.1 Å². The molecular formula is C12H17N5O4. The van der Waals surface area contributed by atoms with Gasteiger partial charge >= 0.3 is 11.7 Å². The fraction of sp³-hybridized carbons (Fsp3) is 0.500. The zero-order valence-electron chi connectivity index (χ0n) is 11.4. The molecule has 0 unspecified atom stereocenters. The Morgan fingerprint density at radius 1 is 1.38 bits per heavy atom. The molecule has 1 aliphatic rings. The molecule has 1 aromatic rings. The van der Waals surface area contributed by atoms with Crippen molar-refractivity contribution in [2.75, 3.05) is 43.4 Å². The molecule has 114 valence electrons. The van der Waals surface area contributed by atoms with Crippen LogP contribution in [0.4, 0.5) is 17.3 Å². The summed E-state index contributed by atoms with van der Waals surface area (Å²) in [4.78, 5) is 28.8. The summed E-state index contributed by atoms with van der Waals surface area (Å²) in [7, 11) is 0. The lowest BCUT2D eigenvalue weighted by Crippen LogP contribution is -2.34. The number of nitrogen functional groups attached to an aromatic ring is 1. The predicted molar refractivity (Wildman–Crippen MR) is 76.2 cm³/mol. The van der Waals surface area contributed by atoms with Gasteiger partial charge in [-0.15, -0.1) is 0 Å². The van der Waals surface area contributed by atoms with Gasteiger partial charge in [-0.25, -0.2) is 4.98 Å². The maximum atomic E-state index is 10.7. The highest BCUT2D eigenvalue weighted by Gasteiger charge is 2.20. The van der Waals surface area contributed by atoms with Crippen LogP contribution in [0, 0.1) is 10.1 Å². The van der Waals surface area contributed by atoms with E-state index in [4.69, 9.17) is 10.8 Å². The van der Waals surface area contributed by atoms with Crippen molar-refractivity contribution in [1.82, 2.24) is 9.88 Å². The van der Waals surface area contributed by atoms with Crippen molar-refractivity contribution in [2.24, 2.45) is 0 Å². The van der Waals surface area contributed by atoms with E-state index in [0.717, 1.165) is 6.42 Å². The number of nitrogens with two attached hydrogens (primary N) is 1. The highest BCUT2D eigenvalue weighted by Crippen LogP contribution is 2.23. The van der Waals surface area contributed by atoms with Gasteiger partial charge in [-0.05, 0) is 12.5 Å². The average molecular weight is 295 g/mol. The van der Waals surface area contributed by atoms with Crippen molar-refractivity contribution in [1.29, 1.82) is 0 Å². The van der Waals surface area contributed by atoms with Gasteiger partial charge in [0.2, 0.25) is 5.82 Å². The number of aliphatic carboxylic acids is 1. The maximum absolute atomic E-state index is 10.7. The van der Waals surface area contributed by atoms with Gasteiger partial charge in [0.15, 0.2) is 0 Å². The summed E-state index contributed by atoms with van der Waals surface area (Å²) < 4.78 is 0. The van der Waals surface area contributed by atoms with Crippen LogP contribution in [0.1, 0.15) is 6.42 Å². The van der Waals surface area contributed by atoms with Crippen LogP contribution in [-0.4, -0.2) is 58.6 Å². The number of aromatic nitrogens is 1. The van der Waals surface area contributed by atoms with E-state index in [2.05, 4.69) is 4.98 Å². The molecule has 0 radical (unpaired) electrons. The molecule has 0 aliphatic carbocycles. The SMILES string of the molecule is Nc1nc(N2CCCN(CC(=O)O)CC2)ccc1[N+](=O)[O-]. The zero-order chi connectivity index (χ0) is 15.4. The number of hydrogen-bond acceptors (Lipinski definition) is 7. The standard InChI is InChI=1S/C12H17N5O4/c13-12-9(17(20)21)2-3-10(14-12)16-5-1-4-15(6-7-16)8-11(18)19/h2-3H,1,4-8H2,(H2,13,14)(H,18,19). The molecule has 3 N–H and O–H groups in total. The van der Waals surface area contributed by atoms with Crippen molar-refractivity contribution >= 4 is 23.3 Å². The Morgan fingerprint density at radius 2 is 2.14 bits per heavy atom. The van der Waals surface area contributed by atoms with Crippen molar-refractivity contribution in [3.63, 3.8) is 0 Å². The molecule has 1 aromatic heterocycles. The smallest absolute Gasteiger partial charge is 0.317 e. The van der Waals surface area contributed by atoms with E-state index in [1.54, 1.807) is 6.07 Å². The van der Waals surface area contributed by atoms with Crippen LogP contribution in [0.3, 0.4) is 0 Å². The number of hydrogen-bond donors (Lipinski definition) is 2. The number of rotatable bonds is 4. The van der Waals surface area contributed by atoms with Gasteiger partial charge in [-0.2, -0.15) is 0 Å². The highest BCUT2D eigenvalue weighted by atomic mass is 16.6. The van der Waals surface area contributed by atoms with Gasteiger partial charge in [-0.1, -0.05) is 0 Å². The summed E-state index contributed by atoms with van der Waals surface area (Å²) in [6, 6.07) is 2.92. The van der Waals surface area contributed by atoms with E-state index in [0.29, 0.717) is 32.0 Å². The Bertz CT molecular complexity index is 550. The van der Waals surface area contributed by atoms with E-state index < -0.39 is 10.9 Å². The number of carboxylic acid groups (broad SMARTS) is 1. The summed E-state index contributed by atoms with van der Waals surface area (Å²) in [6.45, 7) is 2.64. The first-order chi connectivity index (χ1) is 9.97. The highest BCUT2D eigenvalue weighted by molar-refractivity contribution is 5.69. The number of carbonyl (C=O) groups is 1. The number of nitro groups is 1. The summed E-state index contributed by atoms with van der Waals surface area (Å²) >= 11 is 0. The van der Waals surface area contributed by atoms with Crippen molar-refractivity contribution in [3.8, 4) is 0 Å². The minimum atomic E-state index is -0.846. The lowest BCUT2D eigenvalue weighted by Gasteiger charge is -2.22. The summed E-state index contributed by atoms with van der Waals surface area (Å²) in [5.74, 6) is -0.374. The van der Waals surface area contributed by atoms with E-state index in [9.17, 15) is 14.9 Å². The monoisotopic (exact) mass is 295 g/mol. The molecule has 2 heterocycles. The molecule has 0 saturated carbocycles. The lowest BCUT2D eigenvalue weighted by molar-refractivity contribution is -0.384. The first kappa shape index (κ1) is 15.0. The third-order valence-electron chi connectivity index (χ3n) is 3.36. The maximum Gasteiger partial charge on any atom is 0.317 e. The lowest BCUT2D eigenvalue weighted by atomic mass is 10.3. The fourth-order valence-corrected chi connectivity index (χ4v) is 2.34. The Morgan fingerprint density at radius 3 is 2.76 bits per heavy atom. The van der Waals surface area contributed by atoms with Crippen molar-refractivity contribution in [3.05, 3.63) is 22.2 Å². The second kappa shape index (κ2) is 6.35. The summed E-state index contributed by atoms with van der Waals surface area (Å²) in [5.41, 5.74) is 5.39. The topological polar surface area (TPSA) is 126 Å². The third kappa shape index (κ3) is 3.78. The van der Waals surface area contributed by atoms with Crippen LogP contribution in [-0.2, 0) is 4.79 Å². The second-order valence-corrected chi connectivity index (χ2v) is 4.84. The first-order valence-electron chi connectivity index (χ1n) is 6.57. The van der Waals surface area contributed by atoms with Gasteiger partial charge in [0.05, 0.1) is 11.5 Å². The molecule has 1 aliphatic heterocycles. The fourth-order valence-electron chi connectivity index (χ4n) is 2.34. The molecule has 0 atom stereocenters. The first-order valence-corrected chi connectivity index (χ1v) is 6.57. The van der Waals surface area contributed by atoms with Gasteiger partial charge < -0.3 is 15.7 Å². The van der Waals surface area contributed by atoms with Crippen LogP contribution in [0.2, 0.25) is 0 Å². The predicted octanol–water partition coefficient (Wildman–Crippen LogP) is 0.169. The van der Waals surface area contributed by atoms with Crippen LogP contribution < -0.4 is 10.6 Å². The van der Waals surface area contributed by atoms with Crippen molar-refractivity contribution in [2.45, 2.75) is 6.42 Å². The molecule has 0 amide bonds. The number of anilines is 2. The third-order valence-corrected chi connectivity index (χ3v) is 3.36. The molecule has 2 rings (SSSR count). The molecule has 21 heavy (non-hydrogen) atoms. The molecule has 0 aromatic carbocycles. The molecule has 9 nitrogen and oxygen atoms in total. The average Bonchev–Trinajstić information content (AvgIpc) is 2.63. The number of pyridine rings is 1. The minimum Gasteiger partial charge on any atom is -0.480 e. The quantitative estimate of drug-likeness (QED) is 0.594. The molecule has 9 heteroatoms. The Kier molecular flexibility index (Phi) is 4.53. The Balaban J connectivity index is 2.07. The normalized spacial score (nSPS) is 16.5. The van der Waals surface area contributed by atoms with E-state index in [1.165, 1.54) is 6.07 Å². The van der Waals surface area contributed by atoms with Gasteiger partial charge in [0, 0.05) is 32.2 Å². The van der Waals surface area contributed by atoms with Gasteiger partial charge in [-0.3, -0.25) is 19.8 Å². The van der Waals surface area contributed by atoms with E-state index in [1.807, 2.05) is 9.80 Å². The summed E-state index contributed by atoms with van der Waals surface area (Å²) in [5, 5.41) is 19.5. The van der Waals surface area contributed by atoms with Crippen LogP contribution in [0.15, 0.2) is 12.1 Å². The van der Waals surface area contributed by atoms with Gasteiger partial charge in [0.1, 0.15) is 5.82 Å². The Labute approximate surface area is 121 Å². The molecule has 1 saturated heterocycles. The molecule has 1 fully saturated rings. The van der Waals surface area contributed by atoms with Crippen LogP contribution >= 0.6 is 0 Å².